The number of sulfonamides is 1. The van der Waals surface area contributed by atoms with Gasteiger partial charge in [0.2, 0.25) is 15.9 Å². The summed E-state index contributed by atoms with van der Waals surface area (Å²) in [7, 11) is -2.01. The van der Waals surface area contributed by atoms with Crippen LogP contribution in [0.3, 0.4) is 0 Å². The lowest BCUT2D eigenvalue weighted by Gasteiger charge is -2.35. The van der Waals surface area contributed by atoms with E-state index in [0.29, 0.717) is 44.1 Å². The summed E-state index contributed by atoms with van der Waals surface area (Å²) in [6.07, 6.45) is 3.25. The number of methoxy groups -OCH3 is 1. The number of nitrogens with zero attached hydrogens (tertiary/aromatic N) is 1. The lowest BCUT2D eigenvalue weighted by atomic mass is 9.92. The van der Waals surface area contributed by atoms with Gasteiger partial charge >= 0.3 is 0 Å². The number of benzene rings is 1. The molecular formula is C19H30ClN3O4S. The maximum atomic E-state index is 12.8. The summed E-state index contributed by atoms with van der Waals surface area (Å²) >= 11 is 0. The number of rotatable bonds is 7. The fourth-order valence-corrected chi connectivity index (χ4v) is 5.15. The number of halogens is 1. The molecule has 1 unspecified atom stereocenters. The molecule has 9 heteroatoms. The van der Waals surface area contributed by atoms with E-state index in [2.05, 4.69) is 5.32 Å². The first kappa shape index (κ1) is 22.9. The van der Waals surface area contributed by atoms with Crippen molar-refractivity contribution in [1.29, 1.82) is 0 Å². The maximum absolute atomic E-state index is 12.8. The zero-order valence-electron chi connectivity index (χ0n) is 16.4. The topological polar surface area (TPSA) is 102 Å². The molecular weight excluding hydrogens is 402 g/mol. The van der Waals surface area contributed by atoms with E-state index in [0.717, 1.165) is 12.8 Å². The summed E-state index contributed by atoms with van der Waals surface area (Å²) in [6.45, 7) is 3.12. The molecule has 1 aliphatic carbocycles. The third-order valence-electron chi connectivity index (χ3n) is 5.83. The van der Waals surface area contributed by atoms with Crippen LogP contribution in [0.15, 0.2) is 29.2 Å². The molecule has 1 heterocycles. The average Bonchev–Trinajstić information content (AvgIpc) is 3.54. The Hall–Kier alpha value is -1.35. The summed E-state index contributed by atoms with van der Waals surface area (Å²) in [5.41, 5.74) is 5.53. The van der Waals surface area contributed by atoms with Gasteiger partial charge < -0.3 is 15.8 Å². The van der Waals surface area contributed by atoms with Crippen molar-refractivity contribution in [3.05, 3.63) is 24.3 Å². The summed E-state index contributed by atoms with van der Waals surface area (Å²) in [4.78, 5) is 12.9. The summed E-state index contributed by atoms with van der Waals surface area (Å²) in [5, 5.41) is 3.13. The molecule has 3 rings (SSSR count). The SMILES string of the molecule is COc1ccc(S(=O)(=O)N2CCC(C(=O)NC(C)(CN)C3CC3)CC2)cc1.Cl. The van der Waals surface area contributed by atoms with E-state index in [-0.39, 0.29) is 34.7 Å². The third-order valence-corrected chi connectivity index (χ3v) is 7.75. The number of nitrogens with two attached hydrogens (primary N) is 1. The monoisotopic (exact) mass is 431 g/mol. The molecule has 0 bridgehead atoms. The van der Waals surface area contributed by atoms with Gasteiger partial charge in [-0.3, -0.25) is 4.79 Å². The molecule has 2 fully saturated rings. The molecule has 0 aromatic heterocycles. The molecule has 7 nitrogen and oxygen atoms in total. The molecule has 1 aliphatic heterocycles. The normalized spacial score (nSPS) is 20.7. The summed E-state index contributed by atoms with van der Waals surface area (Å²) in [5.74, 6) is 0.901. The molecule has 158 valence electrons. The second-order valence-corrected chi connectivity index (χ2v) is 9.68. The summed E-state index contributed by atoms with van der Waals surface area (Å²) < 4.78 is 32.1. The fraction of sp³-hybridized carbons (Fsp3) is 0.632. The van der Waals surface area contributed by atoms with Crippen LogP contribution in [0.5, 0.6) is 5.75 Å². The van der Waals surface area contributed by atoms with Crippen molar-refractivity contribution in [3.63, 3.8) is 0 Å². The quantitative estimate of drug-likeness (QED) is 0.684. The van der Waals surface area contributed by atoms with Crippen molar-refractivity contribution in [1.82, 2.24) is 9.62 Å². The van der Waals surface area contributed by atoms with Crippen LogP contribution in [0.4, 0.5) is 0 Å². The largest absolute Gasteiger partial charge is 0.497 e. The van der Waals surface area contributed by atoms with Gasteiger partial charge in [-0.05, 0) is 62.8 Å². The van der Waals surface area contributed by atoms with Crippen LogP contribution in [0.1, 0.15) is 32.6 Å². The minimum atomic E-state index is -3.55. The van der Waals surface area contributed by atoms with Gasteiger partial charge in [-0.15, -0.1) is 12.4 Å². The van der Waals surface area contributed by atoms with Gasteiger partial charge in [0.25, 0.3) is 0 Å². The number of nitrogens with one attached hydrogen (secondary N) is 1. The minimum absolute atomic E-state index is 0. The molecule has 28 heavy (non-hydrogen) atoms. The molecule has 1 amide bonds. The van der Waals surface area contributed by atoms with Crippen molar-refractivity contribution < 1.29 is 17.9 Å². The molecule has 2 aliphatic rings. The van der Waals surface area contributed by atoms with Gasteiger partial charge in [-0.25, -0.2) is 8.42 Å². The van der Waals surface area contributed by atoms with Gasteiger partial charge in [-0.2, -0.15) is 4.31 Å². The molecule has 3 N–H and O–H groups in total. The molecule has 1 atom stereocenters. The van der Waals surface area contributed by atoms with Crippen LogP contribution in [-0.2, 0) is 14.8 Å². The highest BCUT2D eigenvalue weighted by Gasteiger charge is 2.43. The zero-order valence-corrected chi connectivity index (χ0v) is 18.0. The maximum Gasteiger partial charge on any atom is 0.243 e. The van der Waals surface area contributed by atoms with Crippen molar-refractivity contribution >= 4 is 28.3 Å². The van der Waals surface area contributed by atoms with Crippen LogP contribution in [0.2, 0.25) is 0 Å². The Morgan fingerprint density at radius 1 is 1.21 bits per heavy atom. The first-order valence-electron chi connectivity index (χ1n) is 9.46. The third kappa shape index (κ3) is 4.79. The van der Waals surface area contributed by atoms with Crippen LogP contribution in [0, 0.1) is 11.8 Å². The van der Waals surface area contributed by atoms with E-state index in [9.17, 15) is 13.2 Å². The average molecular weight is 432 g/mol. The van der Waals surface area contributed by atoms with Crippen LogP contribution in [0.25, 0.3) is 0 Å². The Labute approximate surface area is 173 Å². The van der Waals surface area contributed by atoms with E-state index < -0.39 is 10.0 Å². The van der Waals surface area contributed by atoms with Crippen molar-refractivity contribution in [2.45, 2.75) is 43.0 Å². The standard InChI is InChI=1S/C19H29N3O4S.ClH/c1-19(13-20,15-3-4-15)21-18(23)14-9-11-22(12-10-14)27(24,25)17-7-5-16(26-2)6-8-17;/h5-8,14-15H,3-4,9-13,20H2,1-2H3,(H,21,23);1H. The highest BCUT2D eigenvalue weighted by atomic mass is 35.5. The Kier molecular flexibility index (Phi) is 7.36. The van der Waals surface area contributed by atoms with E-state index in [4.69, 9.17) is 10.5 Å². The molecule has 1 saturated carbocycles. The Balaban J connectivity index is 0.00000280. The number of carbonyl (C=O) groups excluding carboxylic acids is 1. The Morgan fingerprint density at radius 2 is 1.79 bits per heavy atom. The number of hydrogen-bond donors (Lipinski definition) is 2. The lowest BCUT2D eigenvalue weighted by molar-refractivity contribution is -0.128. The number of ether oxygens (including phenoxy) is 1. The fourth-order valence-electron chi connectivity index (χ4n) is 3.68. The lowest BCUT2D eigenvalue weighted by Crippen LogP contribution is -2.55. The van der Waals surface area contributed by atoms with Crippen molar-refractivity contribution in [2.75, 3.05) is 26.7 Å². The molecule has 1 aromatic rings. The van der Waals surface area contributed by atoms with Gasteiger partial charge in [0.05, 0.1) is 17.5 Å². The van der Waals surface area contributed by atoms with E-state index in [1.807, 2.05) is 6.92 Å². The zero-order chi connectivity index (χ0) is 19.7. The molecule has 0 spiro atoms. The van der Waals surface area contributed by atoms with Crippen molar-refractivity contribution in [3.8, 4) is 5.75 Å². The molecule has 1 saturated heterocycles. The van der Waals surface area contributed by atoms with Gasteiger partial charge in [0.15, 0.2) is 0 Å². The Morgan fingerprint density at radius 3 is 2.25 bits per heavy atom. The van der Waals surface area contributed by atoms with E-state index >= 15 is 0 Å². The molecule has 0 radical (unpaired) electrons. The van der Waals surface area contributed by atoms with Gasteiger partial charge in [0, 0.05) is 25.6 Å². The van der Waals surface area contributed by atoms with Crippen molar-refractivity contribution in [2.24, 2.45) is 17.6 Å². The number of carbonyl (C=O) groups is 1. The van der Waals surface area contributed by atoms with E-state index in [1.54, 1.807) is 24.3 Å². The predicted octanol–water partition coefficient (Wildman–Crippen LogP) is 1.76. The van der Waals surface area contributed by atoms with Crippen LogP contribution < -0.4 is 15.8 Å². The second-order valence-electron chi connectivity index (χ2n) is 7.74. The van der Waals surface area contributed by atoms with E-state index in [1.165, 1.54) is 11.4 Å². The van der Waals surface area contributed by atoms with Gasteiger partial charge in [0.1, 0.15) is 5.75 Å². The second kappa shape index (κ2) is 8.98. The first-order valence-corrected chi connectivity index (χ1v) is 10.9. The Bertz CT molecular complexity index is 775. The highest BCUT2D eigenvalue weighted by Crippen LogP contribution is 2.39. The summed E-state index contributed by atoms with van der Waals surface area (Å²) in [6, 6.07) is 6.38. The van der Waals surface area contributed by atoms with Crippen LogP contribution >= 0.6 is 12.4 Å². The highest BCUT2D eigenvalue weighted by molar-refractivity contribution is 7.89. The minimum Gasteiger partial charge on any atom is -0.497 e. The first-order chi connectivity index (χ1) is 12.8. The number of amides is 1. The number of hydrogen-bond acceptors (Lipinski definition) is 5. The molecule has 1 aromatic carbocycles. The van der Waals surface area contributed by atoms with Crippen LogP contribution in [-0.4, -0.2) is 50.9 Å². The number of piperidine rings is 1. The van der Waals surface area contributed by atoms with Gasteiger partial charge in [-0.1, -0.05) is 0 Å². The smallest absolute Gasteiger partial charge is 0.243 e. The predicted molar refractivity (Wildman–Crippen MR) is 110 cm³/mol.